The van der Waals surface area contributed by atoms with E-state index in [-0.39, 0.29) is 19.9 Å². The predicted octanol–water partition coefficient (Wildman–Crippen LogP) is 3.79. The van der Waals surface area contributed by atoms with Crippen LogP contribution in [0.3, 0.4) is 0 Å². The molecule has 0 unspecified atom stereocenters. The summed E-state index contributed by atoms with van der Waals surface area (Å²) in [6.07, 6.45) is 1.44. The fourth-order valence-electron chi connectivity index (χ4n) is 2.29. The van der Waals surface area contributed by atoms with Gasteiger partial charge >= 0.3 is 5.97 Å². The van der Waals surface area contributed by atoms with Crippen LogP contribution in [0.4, 0.5) is 5.69 Å². The molecule has 1 fully saturated rings. The smallest absolute Gasteiger partial charge is 0.323 e. The first kappa shape index (κ1) is 19.1. The quantitative estimate of drug-likeness (QED) is 0.333. The number of carboxylic acid groups (broad SMARTS) is 1. The molecule has 1 aromatic carbocycles. The summed E-state index contributed by atoms with van der Waals surface area (Å²) in [6, 6.07) is 7.44. The van der Waals surface area contributed by atoms with Crippen LogP contribution in [0, 0.1) is 10.1 Å². The van der Waals surface area contributed by atoms with Crippen LogP contribution in [0.15, 0.2) is 39.7 Å². The van der Waals surface area contributed by atoms with Crippen LogP contribution in [0.25, 0.3) is 17.4 Å². The Bertz CT molecular complexity index is 1020. The highest BCUT2D eigenvalue weighted by Gasteiger charge is 2.33. The normalized spacial score (nSPS) is 15.6. The maximum absolute atomic E-state index is 12.2. The Kier molecular flexibility index (Phi) is 5.31. The van der Waals surface area contributed by atoms with E-state index in [2.05, 4.69) is 0 Å². The maximum Gasteiger partial charge on any atom is 0.323 e. The summed E-state index contributed by atoms with van der Waals surface area (Å²) in [4.78, 5) is 34.7. The van der Waals surface area contributed by atoms with Gasteiger partial charge in [0.15, 0.2) is 0 Å². The van der Waals surface area contributed by atoms with Gasteiger partial charge in [0.05, 0.1) is 9.83 Å². The lowest BCUT2D eigenvalue weighted by Crippen LogP contribution is -2.33. The molecule has 1 aliphatic rings. The number of thioether (sulfide) groups is 1. The second kappa shape index (κ2) is 7.51. The number of rotatable bonds is 5. The number of hydrogen-bond acceptors (Lipinski definition) is 7. The van der Waals surface area contributed by atoms with Crippen molar-refractivity contribution in [2.75, 3.05) is 6.54 Å². The monoisotopic (exact) mass is 424 g/mol. The van der Waals surface area contributed by atoms with Gasteiger partial charge in [-0.05, 0) is 24.3 Å². The average molecular weight is 425 g/mol. The van der Waals surface area contributed by atoms with Crippen LogP contribution in [0.1, 0.15) is 5.76 Å². The molecule has 1 aliphatic heterocycles. The number of nitro benzene ring substituents is 1. The lowest BCUT2D eigenvalue weighted by atomic mass is 10.1. The van der Waals surface area contributed by atoms with E-state index in [1.54, 1.807) is 18.2 Å². The highest BCUT2D eigenvalue weighted by Crippen LogP contribution is 2.34. The minimum atomic E-state index is -1.17. The molecule has 0 atom stereocenters. The van der Waals surface area contributed by atoms with Gasteiger partial charge < -0.3 is 9.52 Å². The predicted molar refractivity (Wildman–Crippen MR) is 103 cm³/mol. The van der Waals surface area contributed by atoms with Crippen molar-refractivity contribution in [3.8, 4) is 11.3 Å². The largest absolute Gasteiger partial charge is 0.480 e. The van der Waals surface area contributed by atoms with Gasteiger partial charge in [-0.3, -0.25) is 24.6 Å². The summed E-state index contributed by atoms with van der Waals surface area (Å²) < 4.78 is 5.77. The van der Waals surface area contributed by atoms with Gasteiger partial charge in [0, 0.05) is 17.7 Å². The van der Waals surface area contributed by atoms with Gasteiger partial charge in [-0.1, -0.05) is 35.6 Å². The Labute approximate surface area is 166 Å². The Morgan fingerprint density at radius 3 is 2.81 bits per heavy atom. The number of benzene rings is 1. The van der Waals surface area contributed by atoms with Crippen LogP contribution in [0.5, 0.6) is 0 Å². The summed E-state index contributed by atoms with van der Waals surface area (Å²) in [6.45, 7) is -0.514. The summed E-state index contributed by atoms with van der Waals surface area (Å²) >= 11 is 11.8. The average Bonchev–Trinajstić information content (AvgIpc) is 3.15. The van der Waals surface area contributed by atoms with E-state index in [9.17, 15) is 19.7 Å². The zero-order valence-electron chi connectivity index (χ0n) is 13.2. The van der Waals surface area contributed by atoms with Gasteiger partial charge in [-0.25, -0.2) is 0 Å². The summed E-state index contributed by atoms with van der Waals surface area (Å²) in [5, 5.41) is 19.8. The lowest BCUT2D eigenvalue weighted by molar-refractivity contribution is -0.384. The fourth-order valence-corrected chi connectivity index (χ4v) is 3.71. The highest BCUT2D eigenvalue weighted by molar-refractivity contribution is 8.26. The van der Waals surface area contributed by atoms with Crippen molar-refractivity contribution in [1.29, 1.82) is 0 Å². The molecule has 0 spiro atoms. The van der Waals surface area contributed by atoms with Crippen LogP contribution in [0.2, 0.25) is 5.02 Å². The first-order chi connectivity index (χ1) is 12.8. The SMILES string of the molecule is O=C(O)CN1C(=O)/C(=C\c2ccc(-c3ccc(Cl)c([N+](=O)[O-])c3)o2)SC1=S. The summed E-state index contributed by atoms with van der Waals surface area (Å²) in [7, 11) is 0. The molecule has 0 aliphatic carbocycles. The molecule has 138 valence electrons. The van der Waals surface area contributed by atoms with Crippen LogP contribution in [-0.4, -0.2) is 37.7 Å². The number of nitrogens with zero attached hydrogens (tertiary/aromatic N) is 2. The molecule has 1 saturated heterocycles. The molecule has 11 heteroatoms. The molecule has 1 amide bonds. The van der Waals surface area contributed by atoms with E-state index in [4.69, 9.17) is 33.3 Å². The van der Waals surface area contributed by atoms with E-state index in [1.165, 1.54) is 18.2 Å². The minimum Gasteiger partial charge on any atom is -0.480 e. The first-order valence-corrected chi connectivity index (χ1v) is 8.88. The lowest BCUT2D eigenvalue weighted by Gasteiger charge is -2.09. The minimum absolute atomic E-state index is 0.0117. The Balaban J connectivity index is 1.87. The molecule has 2 aromatic rings. The standard InChI is InChI=1S/C16H9ClN2O6S2/c17-10-3-1-8(5-11(10)19(23)24)12-4-2-9(25-12)6-13-15(22)18(7-14(20)21)16(26)27-13/h1-6H,7H2,(H,20,21)/b13-6+. The van der Waals surface area contributed by atoms with Gasteiger partial charge in [0.2, 0.25) is 0 Å². The van der Waals surface area contributed by atoms with E-state index in [0.717, 1.165) is 16.7 Å². The first-order valence-electron chi connectivity index (χ1n) is 7.27. The number of aliphatic carboxylic acids is 1. The topological polar surface area (TPSA) is 114 Å². The number of carbonyl (C=O) groups excluding carboxylic acids is 1. The fraction of sp³-hybridized carbons (Fsp3) is 0.0625. The van der Waals surface area contributed by atoms with Crippen molar-refractivity contribution in [1.82, 2.24) is 4.90 Å². The van der Waals surface area contributed by atoms with E-state index < -0.39 is 23.3 Å². The van der Waals surface area contributed by atoms with Gasteiger partial charge in [0.1, 0.15) is 27.4 Å². The van der Waals surface area contributed by atoms with E-state index in [1.807, 2.05) is 0 Å². The number of halogens is 1. The van der Waals surface area contributed by atoms with Crippen molar-refractivity contribution in [3.05, 3.63) is 56.1 Å². The molecule has 0 saturated carbocycles. The third-order valence-electron chi connectivity index (χ3n) is 3.49. The van der Waals surface area contributed by atoms with Crippen LogP contribution >= 0.6 is 35.6 Å². The van der Waals surface area contributed by atoms with Crippen LogP contribution in [-0.2, 0) is 9.59 Å². The molecule has 27 heavy (non-hydrogen) atoms. The molecule has 1 aromatic heterocycles. The Morgan fingerprint density at radius 2 is 2.15 bits per heavy atom. The zero-order valence-corrected chi connectivity index (χ0v) is 15.6. The highest BCUT2D eigenvalue weighted by atomic mass is 35.5. The maximum atomic E-state index is 12.2. The van der Waals surface area contributed by atoms with Crippen molar-refractivity contribution >= 4 is 63.5 Å². The molecule has 1 N–H and O–H groups in total. The number of carbonyl (C=O) groups is 2. The second-order valence-electron chi connectivity index (χ2n) is 5.29. The molecule has 3 rings (SSSR count). The number of nitro groups is 1. The molecular formula is C16H9ClN2O6S2. The third-order valence-corrected chi connectivity index (χ3v) is 5.19. The Hall–Kier alpha value is -2.69. The second-order valence-corrected chi connectivity index (χ2v) is 7.37. The van der Waals surface area contributed by atoms with Gasteiger partial charge in [-0.15, -0.1) is 0 Å². The van der Waals surface area contributed by atoms with Crippen molar-refractivity contribution in [2.45, 2.75) is 0 Å². The summed E-state index contributed by atoms with van der Waals surface area (Å²) in [5.41, 5.74) is 0.200. The molecular weight excluding hydrogens is 416 g/mol. The number of thiocarbonyl (C=S) groups is 1. The zero-order chi connectivity index (χ0) is 19.7. The van der Waals surface area contributed by atoms with E-state index >= 15 is 0 Å². The van der Waals surface area contributed by atoms with Crippen molar-refractivity contribution in [3.63, 3.8) is 0 Å². The van der Waals surface area contributed by atoms with Gasteiger partial charge in [-0.2, -0.15) is 0 Å². The molecule has 8 nitrogen and oxygen atoms in total. The molecule has 2 heterocycles. The number of amides is 1. The van der Waals surface area contributed by atoms with E-state index in [0.29, 0.717) is 17.1 Å². The number of carboxylic acids is 1. The number of furan rings is 1. The number of hydrogen-bond donors (Lipinski definition) is 1. The van der Waals surface area contributed by atoms with Crippen molar-refractivity contribution < 1.29 is 24.0 Å². The Morgan fingerprint density at radius 1 is 1.41 bits per heavy atom. The molecule has 0 bridgehead atoms. The molecule has 0 radical (unpaired) electrons. The van der Waals surface area contributed by atoms with Crippen LogP contribution < -0.4 is 0 Å². The summed E-state index contributed by atoms with van der Waals surface area (Å²) in [5.74, 6) is -1.02. The van der Waals surface area contributed by atoms with Gasteiger partial charge in [0.25, 0.3) is 11.6 Å². The third kappa shape index (κ3) is 4.02. The van der Waals surface area contributed by atoms with Crippen molar-refractivity contribution in [2.24, 2.45) is 0 Å².